The molecule has 1 aliphatic heterocycles. The summed E-state index contributed by atoms with van der Waals surface area (Å²) >= 11 is 0. The van der Waals surface area contributed by atoms with Gasteiger partial charge in [0.25, 0.3) is 5.91 Å². The number of aryl methyl sites for hydroxylation is 1. The molecule has 1 heterocycles. The monoisotopic (exact) mass is 361 g/mol. The van der Waals surface area contributed by atoms with Gasteiger partial charge in [0.1, 0.15) is 0 Å². The van der Waals surface area contributed by atoms with Gasteiger partial charge in [0.2, 0.25) is 10.0 Å². The maximum Gasteiger partial charge on any atom is 0.254 e. The minimum absolute atomic E-state index is 0. The Morgan fingerprint density at radius 1 is 1.35 bits per heavy atom. The van der Waals surface area contributed by atoms with E-state index in [4.69, 9.17) is 0 Å². The number of rotatable bonds is 3. The van der Waals surface area contributed by atoms with Crippen molar-refractivity contribution in [1.82, 2.24) is 10.2 Å². The van der Waals surface area contributed by atoms with Gasteiger partial charge in [-0.15, -0.1) is 12.4 Å². The first kappa shape index (κ1) is 19.7. The molecule has 130 valence electrons. The second-order valence-electron chi connectivity index (χ2n) is 5.89. The zero-order chi connectivity index (χ0) is 16.5. The number of amides is 1. The predicted octanol–water partition coefficient (Wildman–Crippen LogP) is 1.61. The second kappa shape index (κ2) is 7.51. The smallest absolute Gasteiger partial charge is 0.254 e. The summed E-state index contributed by atoms with van der Waals surface area (Å²) in [5.41, 5.74) is 1.73. The highest BCUT2D eigenvalue weighted by Crippen LogP contribution is 2.21. The first-order valence-corrected chi connectivity index (χ1v) is 9.21. The highest BCUT2D eigenvalue weighted by molar-refractivity contribution is 7.92. The van der Waals surface area contributed by atoms with E-state index in [1.54, 1.807) is 25.1 Å². The molecule has 6 nitrogen and oxygen atoms in total. The van der Waals surface area contributed by atoms with Gasteiger partial charge in [-0.3, -0.25) is 9.52 Å². The topological polar surface area (TPSA) is 78.5 Å². The number of hydrogen-bond donors (Lipinski definition) is 2. The average molecular weight is 362 g/mol. The molecule has 0 aliphatic carbocycles. The molecular formula is C15H24ClN3O3S. The summed E-state index contributed by atoms with van der Waals surface area (Å²) in [6, 6.07) is 5.44. The number of carbonyl (C=O) groups excluding carboxylic acids is 1. The van der Waals surface area contributed by atoms with Gasteiger partial charge in [-0.05, 0) is 38.5 Å². The van der Waals surface area contributed by atoms with Crippen molar-refractivity contribution in [1.29, 1.82) is 0 Å². The van der Waals surface area contributed by atoms with Crippen LogP contribution in [0.3, 0.4) is 0 Å². The Bertz CT molecular complexity index is 679. The van der Waals surface area contributed by atoms with Gasteiger partial charge in [0.15, 0.2) is 0 Å². The third-order valence-corrected chi connectivity index (χ3v) is 4.67. The Morgan fingerprint density at radius 3 is 2.61 bits per heavy atom. The molecule has 1 saturated heterocycles. The number of carbonyl (C=O) groups is 1. The molecule has 2 rings (SSSR count). The lowest BCUT2D eigenvalue weighted by molar-refractivity contribution is 0.0603. The van der Waals surface area contributed by atoms with Crippen molar-refractivity contribution >= 4 is 34.0 Å². The van der Waals surface area contributed by atoms with Crippen LogP contribution < -0.4 is 10.0 Å². The van der Waals surface area contributed by atoms with E-state index in [1.165, 1.54) is 0 Å². The largest absolute Gasteiger partial charge is 0.333 e. The number of piperazine rings is 1. The van der Waals surface area contributed by atoms with E-state index in [-0.39, 0.29) is 30.4 Å². The average Bonchev–Trinajstić information content (AvgIpc) is 2.42. The molecule has 0 aromatic heterocycles. The zero-order valence-electron chi connectivity index (χ0n) is 13.8. The quantitative estimate of drug-likeness (QED) is 0.857. The minimum atomic E-state index is -3.37. The number of nitrogens with zero attached hydrogens (tertiary/aromatic N) is 1. The predicted molar refractivity (Wildman–Crippen MR) is 94.9 cm³/mol. The SMILES string of the molecule is Cc1ccc(C(=O)N2CCNC(C)C2C)cc1NS(C)(=O)=O.Cl. The lowest BCUT2D eigenvalue weighted by atomic mass is 10.0. The van der Waals surface area contributed by atoms with E-state index in [9.17, 15) is 13.2 Å². The summed E-state index contributed by atoms with van der Waals surface area (Å²) in [5, 5.41) is 3.33. The molecule has 0 saturated carbocycles. The summed E-state index contributed by atoms with van der Waals surface area (Å²) in [5.74, 6) is -0.0719. The van der Waals surface area contributed by atoms with E-state index in [1.807, 2.05) is 11.8 Å². The highest BCUT2D eigenvalue weighted by atomic mass is 35.5. The summed E-state index contributed by atoms with van der Waals surface area (Å²) < 4.78 is 25.3. The summed E-state index contributed by atoms with van der Waals surface area (Å²) in [7, 11) is -3.37. The maximum absolute atomic E-state index is 12.7. The van der Waals surface area contributed by atoms with Gasteiger partial charge in [0.05, 0.1) is 11.9 Å². The first-order chi connectivity index (χ1) is 10.2. The fourth-order valence-corrected chi connectivity index (χ4v) is 3.19. The number of benzene rings is 1. The van der Waals surface area contributed by atoms with Crippen molar-refractivity contribution in [2.75, 3.05) is 24.1 Å². The Hall–Kier alpha value is -1.31. The van der Waals surface area contributed by atoms with Crippen LogP contribution in [0.5, 0.6) is 0 Å². The Morgan fingerprint density at radius 2 is 2.00 bits per heavy atom. The van der Waals surface area contributed by atoms with Gasteiger partial charge in [-0.25, -0.2) is 8.42 Å². The molecule has 2 N–H and O–H groups in total. The molecule has 1 aromatic rings. The van der Waals surface area contributed by atoms with Crippen LogP contribution in [0.4, 0.5) is 5.69 Å². The first-order valence-electron chi connectivity index (χ1n) is 7.32. The van der Waals surface area contributed by atoms with Gasteiger partial charge in [-0.1, -0.05) is 6.07 Å². The van der Waals surface area contributed by atoms with E-state index in [0.717, 1.165) is 18.4 Å². The van der Waals surface area contributed by atoms with Gasteiger partial charge in [-0.2, -0.15) is 0 Å². The molecule has 1 aromatic carbocycles. The van der Waals surface area contributed by atoms with E-state index in [2.05, 4.69) is 17.0 Å². The fourth-order valence-electron chi connectivity index (χ4n) is 2.57. The molecule has 2 atom stereocenters. The number of anilines is 1. The van der Waals surface area contributed by atoms with Crippen molar-refractivity contribution in [2.45, 2.75) is 32.9 Å². The van der Waals surface area contributed by atoms with E-state index < -0.39 is 10.0 Å². The van der Waals surface area contributed by atoms with E-state index in [0.29, 0.717) is 17.8 Å². The fraction of sp³-hybridized carbons (Fsp3) is 0.533. The lowest BCUT2D eigenvalue weighted by Gasteiger charge is -2.38. The van der Waals surface area contributed by atoms with Crippen LogP contribution in [0.25, 0.3) is 0 Å². The molecule has 0 bridgehead atoms. The molecular weight excluding hydrogens is 338 g/mol. The third-order valence-electron chi connectivity index (χ3n) is 4.07. The summed E-state index contributed by atoms with van der Waals surface area (Å²) in [6.45, 7) is 7.27. The van der Waals surface area contributed by atoms with Crippen molar-refractivity contribution in [3.63, 3.8) is 0 Å². The molecule has 0 spiro atoms. The van der Waals surface area contributed by atoms with Gasteiger partial charge in [0, 0.05) is 30.7 Å². The molecule has 2 unspecified atom stereocenters. The number of hydrogen-bond acceptors (Lipinski definition) is 4. The van der Waals surface area contributed by atoms with Gasteiger partial charge >= 0.3 is 0 Å². The van der Waals surface area contributed by atoms with Crippen molar-refractivity contribution in [2.24, 2.45) is 0 Å². The van der Waals surface area contributed by atoms with Crippen LogP contribution in [0.1, 0.15) is 29.8 Å². The maximum atomic E-state index is 12.7. The molecule has 1 amide bonds. The van der Waals surface area contributed by atoms with Crippen molar-refractivity contribution in [3.05, 3.63) is 29.3 Å². The van der Waals surface area contributed by atoms with E-state index >= 15 is 0 Å². The third kappa shape index (κ3) is 4.83. The normalized spacial score (nSPS) is 21.5. The van der Waals surface area contributed by atoms with Crippen LogP contribution >= 0.6 is 12.4 Å². The zero-order valence-corrected chi connectivity index (χ0v) is 15.4. The molecule has 8 heteroatoms. The second-order valence-corrected chi connectivity index (χ2v) is 7.63. The Labute approximate surface area is 144 Å². The highest BCUT2D eigenvalue weighted by Gasteiger charge is 2.28. The number of halogens is 1. The Kier molecular flexibility index (Phi) is 6.44. The number of nitrogens with one attached hydrogen (secondary N) is 2. The molecule has 23 heavy (non-hydrogen) atoms. The van der Waals surface area contributed by atoms with Crippen molar-refractivity contribution in [3.8, 4) is 0 Å². The van der Waals surface area contributed by atoms with Crippen molar-refractivity contribution < 1.29 is 13.2 Å². The standard InChI is InChI=1S/C15H23N3O3S.ClH/c1-10-5-6-13(9-14(10)17-22(4,20)21)15(19)18-8-7-16-11(2)12(18)3;/h5-6,9,11-12,16-17H,7-8H2,1-4H3;1H. The van der Waals surface area contributed by atoms with Gasteiger partial charge < -0.3 is 10.2 Å². The minimum Gasteiger partial charge on any atom is -0.333 e. The lowest BCUT2D eigenvalue weighted by Crippen LogP contribution is -2.57. The summed E-state index contributed by atoms with van der Waals surface area (Å²) in [4.78, 5) is 14.5. The number of sulfonamides is 1. The van der Waals surface area contributed by atoms with Crippen LogP contribution in [0, 0.1) is 6.92 Å². The Balaban J connectivity index is 0.00000264. The van der Waals surface area contributed by atoms with Crippen LogP contribution in [-0.4, -0.2) is 50.7 Å². The molecule has 1 fully saturated rings. The van der Waals surface area contributed by atoms with Crippen LogP contribution in [0.2, 0.25) is 0 Å². The summed E-state index contributed by atoms with van der Waals surface area (Å²) in [6.07, 6.45) is 1.10. The molecule has 0 radical (unpaired) electrons. The van der Waals surface area contributed by atoms with Crippen LogP contribution in [0.15, 0.2) is 18.2 Å². The molecule has 1 aliphatic rings. The van der Waals surface area contributed by atoms with Crippen LogP contribution in [-0.2, 0) is 10.0 Å².